The van der Waals surface area contributed by atoms with Gasteiger partial charge in [-0.3, -0.25) is 9.30 Å². The zero-order valence-corrected chi connectivity index (χ0v) is 17.8. The van der Waals surface area contributed by atoms with Crippen LogP contribution < -0.4 is 14.8 Å². The minimum Gasteiger partial charge on any atom is -0.497 e. The van der Waals surface area contributed by atoms with Crippen LogP contribution in [0.2, 0.25) is 0 Å². The van der Waals surface area contributed by atoms with Gasteiger partial charge < -0.3 is 19.9 Å². The van der Waals surface area contributed by atoms with Crippen LogP contribution in [0.4, 0.5) is 5.95 Å². The molecule has 1 atom stereocenters. The number of nitrogens with zero attached hydrogens (tertiary/aromatic N) is 4. The van der Waals surface area contributed by atoms with E-state index in [4.69, 9.17) is 9.47 Å². The Balaban J connectivity index is 1.45. The molecule has 3 aromatic rings. The normalized spacial score (nSPS) is 19.5. The van der Waals surface area contributed by atoms with Crippen molar-refractivity contribution in [3.05, 3.63) is 36.5 Å². The van der Waals surface area contributed by atoms with Crippen LogP contribution in [0.15, 0.2) is 36.5 Å². The highest BCUT2D eigenvalue weighted by Crippen LogP contribution is 2.38. The number of ether oxygens (including phenoxy) is 2. The highest BCUT2D eigenvalue weighted by molar-refractivity contribution is 5.82. The van der Waals surface area contributed by atoms with Crippen molar-refractivity contribution in [2.75, 3.05) is 38.7 Å². The fraction of sp³-hybridized carbons (Fsp3) is 0.478. The number of hydrogen-bond acceptors (Lipinski definition) is 7. The molecule has 2 N–H and O–H groups in total. The van der Waals surface area contributed by atoms with Gasteiger partial charge in [0.15, 0.2) is 0 Å². The Kier molecular flexibility index (Phi) is 5.65. The summed E-state index contributed by atoms with van der Waals surface area (Å²) in [6.45, 7) is 2.83. The molecular formula is C23H29N5O3. The van der Waals surface area contributed by atoms with Gasteiger partial charge in [0.2, 0.25) is 5.95 Å². The highest BCUT2D eigenvalue weighted by atomic mass is 16.5. The van der Waals surface area contributed by atoms with E-state index in [0.29, 0.717) is 6.54 Å². The van der Waals surface area contributed by atoms with Gasteiger partial charge in [0.05, 0.1) is 25.3 Å². The van der Waals surface area contributed by atoms with E-state index in [0.717, 1.165) is 73.0 Å². The zero-order valence-electron chi connectivity index (χ0n) is 17.8. The number of methoxy groups -OCH3 is 1. The second-order valence-corrected chi connectivity index (χ2v) is 8.32. The average Bonchev–Trinajstić information content (AvgIpc) is 3.46. The van der Waals surface area contributed by atoms with Gasteiger partial charge in [0.25, 0.3) is 0 Å². The number of nitrogens with one attached hydrogen (secondary N) is 1. The summed E-state index contributed by atoms with van der Waals surface area (Å²) < 4.78 is 13.6. The summed E-state index contributed by atoms with van der Waals surface area (Å²) >= 11 is 0. The number of anilines is 1. The van der Waals surface area contributed by atoms with E-state index < -0.39 is 0 Å². The van der Waals surface area contributed by atoms with Crippen molar-refractivity contribution in [1.29, 1.82) is 0 Å². The standard InChI is InChI=1S/C23H29N5O3/c1-30-18-8-9-19(21(14-18)31-17-6-7-17)22-20-5-3-11-28(20)23(26-25-22)24-16-4-2-10-27(15-16)12-13-29/h3,5,8-9,11,14,16-17,29H,2,4,6-7,10,12-13,15H2,1H3,(H,24,26)/t16-/m1/s1. The number of piperidine rings is 1. The SMILES string of the molecule is COc1ccc(-c2nnc(N[C@@H]3CCCN(CCO)C3)n3cccc23)c(OC2CC2)c1. The first-order chi connectivity index (χ1) is 15.2. The van der Waals surface area contributed by atoms with Crippen molar-refractivity contribution in [2.45, 2.75) is 37.8 Å². The van der Waals surface area contributed by atoms with Gasteiger partial charge in [-0.1, -0.05) is 0 Å². The van der Waals surface area contributed by atoms with E-state index >= 15 is 0 Å². The number of fused-ring (bicyclic) bond motifs is 1. The molecule has 1 aliphatic carbocycles. The third-order valence-electron chi connectivity index (χ3n) is 5.98. The van der Waals surface area contributed by atoms with Crippen LogP contribution in [0.1, 0.15) is 25.7 Å². The van der Waals surface area contributed by atoms with Crippen molar-refractivity contribution >= 4 is 11.5 Å². The fourth-order valence-electron chi connectivity index (χ4n) is 4.23. The minimum atomic E-state index is 0.191. The molecule has 1 aliphatic heterocycles. The third kappa shape index (κ3) is 4.31. The maximum Gasteiger partial charge on any atom is 0.228 e. The molecule has 2 aliphatic rings. The number of hydrogen-bond donors (Lipinski definition) is 2. The van der Waals surface area contributed by atoms with E-state index in [9.17, 15) is 5.11 Å². The zero-order chi connectivity index (χ0) is 21.2. The average molecular weight is 424 g/mol. The van der Waals surface area contributed by atoms with Crippen LogP contribution in [0.3, 0.4) is 0 Å². The lowest BCUT2D eigenvalue weighted by Gasteiger charge is -2.32. The summed E-state index contributed by atoms with van der Waals surface area (Å²) in [4.78, 5) is 2.29. The summed E-state index contributed by atoms with van der Waals surface area (Å²) in [6.07, 6.45) is 6.63. The smallest absolute Gasteiger partial charge is 0.228 e. The van der Waals surface area contributed by atoms with Crippen LogP contribution in [0.25, 0.3) is 16.8 Å². The predicted molar refractivity (Wildman–Crippen MR) is 119 cm³/mol. The molecule has 5 rings (SSSR count). The van der Waals surface area contributed by atoms with Crippen LogP contribution in [-0.2, 0) is 0 Å². The quantitative estimate of drug-likeness (QED) is 0.576. The first-order valence-electron chi connectivity index (χ1n) is 11.0. The lowest BCUT2D eigenvalue weighted by Crippen LogP contribution is -2.43. The molecule has 164 valence electrons. The number of benzene rings is 1. The van der Waals surface area contributed by atoms with Crippen molar-refractivity contribution < 1.29 is 14.6 Å². The van der Waals surface area contributed by atoms with Crippen molar-refractivity contribution in [3.8, 4) is 22.8 Å². The number of aliphatic hydroxyl groups excluding tert-OH is 1. The maximum atomic E-state index is 9.25. The number of β-amino-alcohol motifs (C(OH)–C–C–N with tert-alkyl or cyclic N) is 1. The van der Waals surface area contributed by atoms with Gasteiger partial charge in [0, 0.05) is 37.0 Å². The van der Waals surface area contributed by atoms with Gasteiger partial charge in [-0.2, -0.15) is 0 Å². The monoisotopic (exact) mass is 423 g/mol. The molecule has 1 aromatic carbocycles. The lowest BCUT2D eigenvalue weighted by molar-refractivity contribution is 0.166. The summed E-state index contributed by atoms with van der Waals surface area (Å²) in [5.41, 5.74) is 2.69. The van der Waals surface area contributed by atoms with Gasteiger partial charge in [0.1, 0.15) is 17.2 Å². The fourth-order valence-corrected chi connectivity index (χ4v) is 4.23. The van der Waals surface area contributed by atoms with E-state index in [1.807, 2.05) is 30.5 Å². The second-order valence-electron chi connectivity index (χ2n) is 8.32. The van der Waals surface area contributed by atoms with Crippen LogP contribution in [-0.4, -0.2) is 70.1 Å². The topological polar surface area (TPSA) is 84.2 Å². The number of likely N-dealkylation sites (tertiary alicyclic amines) is 1. The van der Waals surface area contributed by atoms with Crippen LogP contribution >= 0.6 is 0 Å². The molecule has 8 nitrogen and oxygen atoms in total. The van der Waals surface area contributed by atoms with Gasteiger partial charge in [-0.05, 0) is 56.5 Å². The van der Waals surface area contributed by atoms with Crippen molar-refractivity contribution in [1.82, 2.24) is 19.5 Å². The van der Waals surface area contributed by atoms with Gasteiger partial charge in [-0.15, -0.1) is 10.2 Å². The van der Waals surface area contributed by atoms with E-state index in [2.05, 4.69) is 30.9 Å². The lowest BCUT2D eigenvalue weighted by atomic mass is 10.1. The first kappa shape index (κ1) is 20.1. The molecule has 31 heavy (non-hydrogen) atoms. The number of aromatic nitrogens is 3. The molecule has 2 fully saturated rings. The first-order valence-corrected chi connectivity index (χ1v) is 11.0. The van der Waals surface area contributed by atoms with Crippen LogP contribution in [0.5, 0.6) is 11.5 Å². The molecule has 0 bridgehead atoms. The molecule has 1 saturated carbocycles. The second kappa shape index (κ2) is 8.72. The summed E-state index contributed by atoms with van der Waals surface area (Å²) in [5.74, 6) is 2.28. The molecule has 2 aromatic heterocycles. The molecule has 0 unspecified atom stereocenters. The Morgan fingerprint density at radius 2 is 2.10 bits per heavy atom. The Bertz CT molecular complexity index is 1050. The maximum absolute atomic E-state index is 9.25. The summed E-state index contributed by atoms with van der Waals surface area (Å²) in [6, 6.07) is 10.2. The molecule has 0 amide bonds. The van der Waals surface area contributed by atoms with Gasteiger partial charge >= 0.3 is 0 Å². The van der Waals surface area contributed by atoms with Gasteiger partial charge in [-0.25, -0.2) is 0 Å². The third-order valence-corrected chi connectivity index (χ3v) is 5.98. The minimum absolute atomic E-state index is 0.191. The molecule has 0 spiro atoms. The van der Waals surface area contributed by atoms with Crippen molar-refractivity contribution in [3.63, 3.8) is 0 Å². The summed E-state index contributed by atoms with van der Waals surface area (Å²) in [5, 5.41) is 22.0. The molecule has 3 heterocycles. The molecular weight excluding hydrogens is 394 g/mol. The Morgan fingerprint density at radius 3 is 2.90 bits per heavy atom. The van der Waals surface area contributed by atoms with E-state index in [1.165, 1.54) is 0 Å². The Hall–Kier alpha value is -2.84. The summed E-state index contributed by atoms with van der Waals surface area (Å²) in [7, 11) is 1.66. The number of rotatable bonds is 8. The highest BCUT2D eigenvalue weighted by Gasteiger charge is 2.26. The Morgan fingerprint density at radius 1 is 1.19 bits per heavy atom. The number of aliphatic hydroxyl groups is 1. The molecule has 1 saturated heterocycles. The predicted octanol–water partition coefficient (Wildman–Crippen LogP) is 2.81. The Labute approximate surface area is 181 Å². The van der Waals surface area contributed by atoms with Crippen molar-refractivity contribution in [2.24, 2.45) is 0 Å². The molecule has 0 radical (unpaired) electrons. The van der Waals surface area contributed by atoms with Crippen LogP contribution in [0, 0.1) is 0 Å². The van der Waals surface area contributed by atoms with E-state index in [1.54, 1.807) is 7.11 Å². The molecule has 8 heteroatoms. The largest absolute Gasteiger partial charge is 0.497 e. The van der Waals surface area contributed by atoms with E-state index in [-0.39, 0.29) is 18.8 Å².